The minimum absolute atomic E-state index is 0.0863. The topological polar surface area (TPSA) is 92.7 Å². The minimum Gasteiger partial charge on any atom is -0.369 e. The number of benzene rings is 1. The van der Waals surface area contributed by atoms with Crippen LogP contribution in [0, 0.1) is 10.1 Å². The highest BCUT2D eigenvalue weighted by Gasteiger charge is 2.34. The maximum atomic E-state index is 12.7. The van der Waals surface area contributed by atoms with Gasteiger partial charge in [-0.05, 0) is 12.1 Å². The highest BCUT2D eigenvalue weighted by atomic mass is 19.4. The van der Waals surface area contributed by atoms with Crippen molar-refractivity contribution in [3.8, 4) is 0 Å². The summed E-state index contributed by atoms with van der Waals surface area (Å²) in [7, 11) is 0. The van der Waals surface area contributed by atoms with Crippen LogP contribution in [0.25, 0.3) is 0 Å². The second-order valence-corrected chi connectivity index (χ2v) is 5.19. The normalized spacial score (nSPS) is 16.4. The number of carbonyl (C=O) groups is 1. The van der Waals surface area contributed by atoms with Gasteiger partial charge in [-0.2, -0.15) is 13.2 Å². The van der Waals surface area contributed by atoms with Gasteiger partial charge in [0.1, 0.15) is 5.69 Å². The summed E-state index contributed by atoms with van der Waals surface area (Å²) in [4.78, 5) is 24.6. The quantitative estimate of drug-likeness (QED) is 0.661. The van der Waals surface area contributed by atoms with Crippen LogP contribution in [0.4, 0.5) is 24.5 Å². The number of rotatable bonds is 4. The summed E-state index contributed by atoms with van der Waals surface area (Å²) in [6.45, 7) is 1.70. The van der Waals surface area contributed by atoms with E-state index in [-0.39, 0.29) is 12.2 Å². The van der Waals surface area contributed by atoms with Crippen molar-refractivity contribution in [1.29, 1.82) is 0 Å². The van der Waals surface area contributed by atoms with Gasteiger partial charge >= 0.3 is 6.18 Å². The second kappa shape index (κ2) is 6.41. The number of nitro groups is 1. The van der Waals surface area contributed by atoms with E-state index in [2.05, 4.69) is 0 Å². The van der Waals surface area contributed by atoms with Crippen molar-refractivity contribution in [2.45, 2.75) is 6.18 Å². The SMILES string of the molecule is NC(=O)CN1CCN(c2ccc(C(F)(F)F)cc2[N+](=O)[O-])CC1. The molecule has 1 amide bonds. The number of piperazine rings is 1. The van der Waals surface area contributed by atoms with Gasteiger partial charge in [0.15, 0.2) is 0 Å². The van der Waals surface area contributed by atoms with Crippen molar-refractivity contribution in [3.05, 3.63) is 33.9 Å². The van der Waals surface area contributed by atoms with Crippen molar-refractivity contribution in [2.75, 3.05) is 37.6 Å². The lowest BCUT2D eigenvalue weighted by Crippen LogP contribution is -2.49. The summed E-state index contributed by atoms with van der Waals surface area (Å²) in [5, 5.41) is 11.1. The summed E-state index contributed by atoms with van der Waals surface area (Å²) in [5.74, 6) is -0.473. The first-order valence-corrected chi connectivity index (χ1v) is 6.79. The van der Waals surface area contributed by atoms with Gasteiger partial charge in [0, 0.05) is 32.2 Å². The number of carbonyl (C=O) groups excluding carboxylic acids is 1. The molecule has 1 saturated heterocycles. The van der Waals surface area contributed by atoms with Gasteiger partial charge in [-0.15, -0.1) is 0 Å². The number of hydrogen-bond acceptors (Lipinski definition) is 5. The molecule has 0 radical (unpaired) electrons. The first kappa shape index (κ1) is 17.0. The molecule has 23 heavy (non-hydrogen) atoms. The summed E-state index contributed by atoms with van der Waals surface area (Å²) >= 11 is 0. The van der Waals surface area contributed by atoms with E-state index in [0.717, 1.165) is 12.1 Å². The molecule has 7 nitrogen and oxygen atoms in total. The number of primary amides is 1. The van der Waals surface area contributed by atoms with E-state index >= 15 is 0 Å². The lowest BCUT2D eigenvalue weighted by Gasteiger charge is -2.35. The fourth-order valence-electron chi connectivity index (χ4n) is 2.48. The first-order chi connectivity index (χ1) is 10.7. The van der Waals surface area contributed by atoms with Gasteiger partial charge < -0.3 is 10.6 Å². The Bertz CT molecular complexity index is 613. The number of halogens is 3. The minimum atomic E-state index is -4.64. The molecule has 10 heteroatoms. The number of amides is 1. The van der Waals surface area contributed by atoms with Gasteiger partial charge in [-0.3, -0.25) is 19.8 Å². The average Bonchev–Trinajstić information content (AvgIpc) is 2.46. The fraction of sp³-hybridized carbons (Fsp3) is 0.462. The Morgan fingerprint density at radius 3 is 2.35 bits per heavy atom. The predicted molar refractivity (Wildman–Crippen MR) is 75.9 cm³/mol. The first-order valence-electron chi connectivity index (χ1n) is 6.79. The van der Waals surface area contributed by atoms with Crippen LogP contribution < -0.4 is 10.6 Å². The van der Waals surface area contributed by atoms with Crippen molar-refractivity contribution in [1.82, 2.24) is 4.90 Å². The van der Waals surface area contributed by atoms with E-state index in [1.54, 1.807) is 9.80 Å². The summed E-state index contributed by atoms with van der Waals surface area (Å²) in [6, 6.07) is 2.49. The molecule has 1 aliphatic heterocycles. The molecule has 1 aliphatic rings. The largest absolute Gasteiger partial charge is 0.416 e. The molecule has 0 aliphatic carbocycles. The number of anilines is 1. The lowest BCUT2D eigenvalue weighted by atomic mass is 10.1. The Kier molecular flexibility index (Phi) is 4.73. The molecule has 0 unspecified atom stereocenters. The molecule has 1 fully saturated rings. The zero-order chi connectivity index (χ0) is 17.2. The molecule has 126 valence electrons. The van der Waals surface area contributed by atoms with Gasteiger partial charge in [-0.25, -0.2) is 0 Å². The summed E-state index contributed by atoms with van der Waals surface area (Å²) < 4.78 is 38.1. The zero-order valence-electron chi connectivity index (χ0n) is 12.0. The molecule has 0 atom stereocenters. The maximum Gasteiger partial charge on any atom is 0.416 e. The number of hydrogen-bond donors (Lipinski definition) is 1. The van der Waals surface area contributed by atoms with Gasteiger partial charge in [0.25, 0.3) is 5.69 Å². The molecule has 0 spiro atoms. The van der Waals surface area contributed by atoms with Crippen LogP contribution in [0.5, 0.6) is 0 Å². The molecule has 0 bridgehead atoms. The standard InChI is InChI=1S/C13H15F3N4O3/c14-13(15,16)9-1-2-10(11(7-9)20(22)23)19-5-3-18(4-6-19)8-12(17)21/h1-2,7H,3-6,8H2,(H2,17,21). The fourth-order valence-corrected chi connectivity index (χ4v) is 2.48. The average molecular weight is 332 g/mol. The Balaban J connectivity index is 2.20. The Morgan fingerprint density at radius 1 is 1.26 bits per heavy atom. The van der Waals surface area contributed by atoms with Crippen LogP contribution in [0.3, 0.4) is 0 Å². The molecular formula is C13H15F3N4O3. The van der Waals surface area contributed by atoms with Crippen LogP contribution >= 0.6 is 0 Å². The third-order valence-electron chi connectivity index (χ3n) is 3.59. The highest BCUT2D eigenvalue weighted by Crippen LogP contribution is 2.36. The van der Waals surface area contributed by atoms with E-state index in [4.69, 9.17) is 5.73 Å². The van der Waals surface area contributed by atoms with Crippen LogP contribution in [0.15, 0.2) is 18.2 Å². The third kappa shape index (κ3) is 4.09. The summed E-state index contributed by atoms with van der Waals surface area (Å²) in [5.41, 5.74) is 3.61. The second-order valence-electron chi connectivity index (χ2n) is 5.19. The monoisotopic (exact) mass is 332 g/mol. The van der Waals surface area contributed by atoms with Crippen molar-refractivity contribution >= 4 is 17.3 Å². The van der Waals surface area contributed by atoms with Crippen LogP contribution in [0.2, 0.25) is 0 Å². The van der Waals surface area contributed by atoms with E-state index in [9.17, 15) is 28.1 Å². The molecule has 1 aromatic carbocycles. The lowest BCUT2D eigenvalue weighted by molar-refractivity contribution is -0.384. The molecule has 0 aromatic heterocycles. The Morgan fingerprint density at radius 2 is 1.87 bits per heavy atom. The smallest absolute Gasteiger partial charge is 0.369 e. The van der Waals surface area contributed by atoms with E-state index in [1.807, 2.05) is 0 Å². The third-order valence-corrected chi connectivity index (χ3v) is 3.59. The van der Waals surface area contributed by atoms with Gasteiger partial charge in [0.05, 0.1) is 17.0 Å². The van der Waals surface area contributed by atoms with Crippen LogP contribution in [-0.2, 0) is 11.0 Å². The number of nitro benzene ring substituents is 1. The van der Waals surface area contributed by atoms with Crippen molar-refractivity contribution in [3.63, 3.8) is 0 Å². The molecule has 0 saturated carbocycles. The van der Waals surface area contributed by atoms with Crippen molar-refractivity contribution in [2.24, 2.45) is 5.73 Å². The van der Waals surface area contributed by atoms with Crippen LogP contribution in [0.1, 0.15) is 5.56 Å². The molecule has 2 rings (SSSR count). The Hall–Kier alpha value is -2.36. The van der Waals surface area contributed by atoms with E-state index in [0.29, 0.717) is 32.2 Å². The Labute approximate surface area is 129 Å². The van der Waals surface area contributed by atoms with E-state index < -0.39 is 28.3 Å². The maximum absolute atomic E-state index is 12.7. The molecular weight excluding hydrogens is 317 g/mol. The molecule has 1 aromatic rings. The summed E-state index contributed by atoms with van der Waals surface area (Å²) in [6.07, 6.45) is -4.64. The number of nitrogens with two attached hydrogens (primary N) is 1. The molecule has 2 N–H and O–H groups in total. The zero-order valence-corrected chi connectivity index (χ0v) is 12.0. The number of nitrogens with zero attached hydrogens (tertiary/aromatic N) is 3. The van der Waals surface area contributed by atoms with Gasteiger partial charge in [-0.1, -0.05) is 0 Å². The van der Waals surface area contributed by atoms with E-state index in [1.165, 1.54) is 0 Å². The van der Waals surface area contributed by atoms with Gasteiger partial charge in [0.2, 0.25) is 5.91 Å². The molecule has 1 heterocycles. The van der Waals surface area contributed by atoms with Crippen LogP contribution in [-0.4, -0.2) is 48.5 Å². The number of alkyl halides is 3. The van der Waals surface area contributed by atoms with Crippen molar-refractivity contribution < 1.29 is 22.9 Å². The predicted octanol–water partition coefficient (Wildman–Crippen LogP) is 1.22. The highest BCUT2D eigenvalue weighted by molar-refractivity contribution is 5.76.